The molecule has 1 aromatic rings. The summed E-state index contributed by atoms with van der Waals surface area (Å²) in [6.45, 7) is 5.12. The summed E-state index contributed by atoms with van der Waals surface area (Å²) in [6.07, 6.45) is 0.938. The van der Waals surface area contributed by atoms with Crippen molar-refractivity contribution in [1.29, 1.82) is 0 Å². The number of amides is 1. The first-order valence-corrected chi connectivity index (χ1v) is 6.21. The van der Waals surface area contributed by atoms with Crippen LogP contribution in [0.25, 0.3) is 0 Å². The molecule has 92 valence electrons. The maximum atomic E-state index is 11.8. The van der Waals surface area contributed by atoms with Gasteiger partial charge in [0.15, 0.2) is 0 Å². The quantitative estimate of drug-likeness (QED) is 0.835. The molecule has 0 saturated carbocycles. The lowest BCUT2D eigenvalue weighted by atomic mass is 9.91. The largest absolute Gasteiger partial charge is 0.352 e. The van der Waals surface area contributed by atoms with Crippen molar-refractivity contribution in [3.63, 3.8) is 0 Å². The highest BCUT2D eigenvalue weighted by molar-refractivity contribution is 5.96. The van der Waals surface area contributed by atoms with Crippen molar-refractivity contribution in [2.45, 2.75) is 26.3 Å². The van der Waals surface area contributed by atoms with Crippen LogP contribution in [0.2, 0.25) is 0 Å². The minimum atomic E-state index is 0.0618. The number of hydrogen-bond acceptors (Lipinski definition) is 2. The van der Waals surface area contributed by atoms with Crippen molar-refractivity contribution in [2.24, 2.45) is 5.92 Å². The summed E-state index contributed by atoms with van der Waals surface area (Å²) < 4.78 is 0. The Kier molecular flexibility index (Phi) is 3.48. The predicted molar refractivity (Wildman–Crippen MR) is 69.1 cm³/mol. The van der Waals surface area contributed by atoms with Crippen LogP contribution in [0, 0.1) is 5.92 Å². The Labute approximate surface area is 103 Å². The van der Waals surface area contributed by atoms with Gasteiger partial charge in [-0.15, -0.1) is 0 Å². The van der Waals surface area contributed by atoms with Crippen LogP contribution in [-0.4, -0.2) is 19.5 Å². The molecule has 1 unspecified atom stereocenters. The van der Waals surface area contributed by atoms with E-state index < -0.39 is 0 Å². The van der Waals surface area contributed by atoms with Crippen molar-refractivity contribution < 1.29 is 4.79 Å². The van der Waals surface area contributed by atoms with E-state index in [1.165, 1.54) is 5.56 Å². The predicted octanol–water partition coefficient (Wildman–Crippen LogP) is 1.89. The van der Waals surface area contributed by atoms with Gasteiger partial charge in [-0.3, -0.25) is 4.79 Å². The monoisotopic (exact) mass is 232 g/mol. The molecular formula is C14H20N2O. The lowest BCUT2D eigenvalue weighted by Gasteiger charge is -2.23. The Hall–Kier alpha value is -1.35. The minimum Gasteiger partial charge on any atom is -0.352 e. The molecule has 0 fully saturated rings. The highest BCUT2D eigenvalue weighted by Gasteiger charge is 2.20. The third-order valence-electron chi connectivity index (χ3n) is 3.40. The first-order chi connectivity index (χ1) is 8.13. The second-order valence-electron chi connectivity index (χ2n) is 4.93. The zero-order valence-corrected chi connectivity index (χ0v) is 10.7. The maximum absolute atomic E-state index is 11.8. The SMILES string of the molecule is CNC(c1ccc2c(c1)C(=O)NCC2)C(C)C. The number of benzene rings is 1. The van der Waals surface area contributed by atoms with Gasteiger partial charge in [0.25, 0.3) is 5.91 Å². The summed E-state index contributed by atoms with van der Waals surface area (Å²) in [6, 6.07) is 6.56. The van der Waals surface area contributed by atoms with Crippen molar-refractivity contribution >= 4 is 5.91 Å². The van der Waals surface area contributed by atoms with E-state index in [0.29, 0.717) is 12.0 Å². The standard InChI is InChI=1S/C14H20N2O/c1-9(2)13(15-3)11-5-4-10-6-7-16-14(17)12(10)8-11/h4-5,8-9,13,15H,6-7H2,1-3H3,(H,16,17). The Morgan fingerprint density at radius 1 is 1.35 bits per heavy atom. The van der Waals surface area contributed by atoms with E-state index in [2.05, 4.69) is 36.6 Å². The van der Waals surface area contributed by atoms with Crippen LogP contribution in [-0.2, 0) is 6.42 Å². The molecule has 1 amide bonds. The molecule has 17 heavy (non-hydrogen) atoms. The summed E-state index contributed by atoms with van der Waals surface area (Å²) in [5.74, 6) is 0.566. The third-order valence-corrected chi connectivity index (χ3v) is 3.40. The number of carbonyl (C=O) groups excluding carboxylic acids is 1. The van der Waals surface area contributed by atoms with Gasteiger partial charge in [0, 0.05) is 18.2 Å². The van der Waals surface area contributed by atoms with Crippen molar-refractivity contribution in [2.75, 3.05) is 13.6 Å². The lowest BCUT2D eigenvalue weighted by Crippen LogP contribution is -2.32. The zero-order chi connectivity index (χ0) is 12.4. The summed E-state index contributed by atoms with van der Waals surface area (Å²) in [7, 11) is 1.96. The van der Waals surface area contributed by atoms with Crippen LogP contribution in [0.5, 0.6) is 0 Å². The Bertz CT molecular complexity index is 426. The molecule has 2 N–H and O–H groups in total. The van der Waals surface area contributed by atoms with Crippen LogP contribution >= 0.6 is 0 Å². The molecule has 3 nitrogen and oxygen atoms in total. The van der Waals surface area contributed by atoms with E-state index in [1.807, 2.05) is 13.1 Å². The summed E-state index contributed by atoms with van der Waals surface area (Å²) >= 11 is 0. The topological polar surface area (TPSA) is 41.1 Å². The minimum absolute atomic E-state index is 0.0618. The molecule has 0 aromatic heterocycles. The number of carbonyl (C=O) groups is 1. The van der Waals surface area contributed by atoms with Crippen molar-refractivity contribution in [3.05, 3.63) is 34.9 Å². The van der Waals surface area contributed by atoms with Gasteiger partial charge in [0.1, 0.15) is 0 Å². The third kappa shape index (κ3) is 2.34. The Balaban J connectivity index is 2.38. The molecule has 0 saturated heterocycles. The normalized spacial score (nSPS) is 16.6. The van der Waals surface area contributed by atoms with Gasteiger partial charge in [0.2, 0.25) is 0 Å². The number of fused-ring (bicyclic) bond motifs is 1. The highest BCUT2D eigenvalue weighted by atomic mass is 16.1. The lowest BCUT2D eigenvalue weighted by molar-refractivity contribution is 0.0946. The molecule has 0 spiro atoms. The fourth-order valence-electron chi connectivity index (χ4n) is 2.51. The van der Waals surface area contributed by atoms with Gasteiger partial charge in [-0.2, -0.15) is 0 Å². The summed E-state index contributed by atoms with van der Waals surface area (Å²) in [5, 5.41) is 6.20. The van der Waals surface area contributed by atoms with Crippen LogP contribution in [0.15, 0.2) is 18.2 Å². The molecule has 0 radical (unpaired) electrons. The molecule has 1 heterocycles. The number of hydrogen-bond donors (Lipinski definition) is 2. The first kappa shape index (κ1) is 12.1. The fraction of sp³-hybridized carbons (Fsp3) is 0.500. The van der Waals surface area contributed by atoms with Gasteiger partial charge in [-0.05, 0) is 36.6 Å². The van der Waals surface area contributed by atoms with E-state index in [9.17, 15) is 4.79 Å². The van der Waals surface area contributed by atoms with Gasteiger partial charge in [-0.25, -0.2) is 0 Å². The molecule has 1 aliphatic heterocycles. The number of rotatable bonds is 3. The average Bonchev–Trinajstić information content (AvgIpc) is 2.30. The van der Waals surface area contributed by atoms with Gasteiger partial charge >= 0.3 is 0 Å². The van der Waals surface area contributed by atoms with Crippen molar-refractivity contribution in [1.82, 2.24) is 10.6 Å². The van der Waals surface area contributed by atoms with Crippen LogP contribution in [0.3, 0.4) is 0 Å². The van der Waals surface area contributed by atoms with Crippen LogP contribution in [0.1, 0.15) is 41.4 Å². The molecule has 1 aromatic carbocycles. The van der Waals surface area contributed by atoms with E-state index in [0.717, 1.165) is 24.1 Å². The average molecular weight is 232 g/mol. The van der Waals surface area contributed by atoms with Gasteiger partial charge in [0.05, 0.1) is 0 Å². The van der Waals surface area contributed by atoms with Crippen LogP contribution in [0.4, 0.5) is 0 Å². The Morgan fingerprint density at radius 2 is 2.12 bits per heavy atom. The summed E-state index contributed by atoms with van der Waals surface area (Å²) in [5.41, 5.74) is 3.20. The van der Waals surface area contributed by atoms with Gasteiger partial charge in [-0.1, -0.05) is 26.0 Å². The fourth-order valence-corrected chi connectivity index (χ4v) is 2.51. The Morgan fingerprint density at radius 3 is 2.76 bits per heavy atom. The van der Waals surface area contributed by atoms with E-state index in [1.54, 1.807) is 0 Å². The molecular weight excluding hydrogens is 212 g/mol. The molecule has 0 bridgehead atoms. The smallest absolute Gasteiger partial charge is 0.251 e. The molecule has 2 rings (SSSR count). The second kappa shape index (κ2) is 4.88. The molecule has 1 atom stereocenters. The zero-order valence-electron chi connectivity index (χ0n) is 10.7. The molecule has 0 aliphatic carbocycles. The highest BCUT2D eigenvalue weighted by Crippen LogP contribution is 2.24. The van der Waals surface area contributed by atoms with Crippen LogP contribution < -0.4 is 10.6 Å². The summed E-state index contributed by atoms with van der Waals surface area (Å²) in [4.78, 5) is 11.8. The first-order valence-electron chi connectivity index (χ1n) is 6.21. The molecule has 3 heteroatoms. The van der Waals surface area contributed by atoms with E-state index in [4.69, 9.17) is 0 Å². The number of nitrogens with one attached hydrogen (secondary N) is 2. The van der Waals surface area contributed by atoms with E-state index >= 15 is 0 Å². The second-order valence-corrected chi connectivity index (χ2v) is 4.93. The van der Waals surface area contributed by atoms with E-state index in [-0.39, 0.29) is 5.91 Å². The maximum Gasteiger partial charge on any atom is 0.251 e. The molecule has 1 aliphatic rings. The van der Waals surface area contributed by atoms with Crippen molar-refractivity contribution in [3.8, 4) is 0 Å². The van der Waals surface area contributed by atoms with Gasteiger partial charge < -0.3 is 10.6 Å².